The van der Waals surface area contributed by atoms with Crippen molar-refractivity contribution >= 4 is 21.6 Å². The number of ether oxygens (including phenoxy) is 2. The number of nitrogens with one attached hydrogen (secondary N) is 1. The Labute approximate surface area is 105 Å². The molecule has 0 saturated carbocycles. The van der Waals surface area contributed by atoms with Gasteiger partial charge in [-0.3, -0.25) is 0 Å². The maximum absolute atomic E-state index is 5.38. The van der Waals surface area contributed by atoms with Gasteiger partial charge in [-0.1, -0.05) is 15.9 Å². The number of halogens is 1. The molecule has 4 heteroatoms. The first-order valence-electron chi connectivity index (χ1n) is 5.48. The van der Waals surface area contributed by atoms with Crippen LogP contribution in [0.3, 0.4) is 0 Å². The highest BCUT2D eigenvalue weighted by Gasteiger charge is 1.92. The van der Waals surface area contributed by atoms with Gasteiger partial charge >= 0.3 is 0 Å². The van der Waals surface area contributed by atoms with Gasteiger partial charge in [-0.25, -0.2) is 0 Å². The van der Waals surface area contributed by atoms with Crippen molar-refractivity contribution in [1.29, 1.82) is 0 Å². The second-order valence-electron chi connectivity index (χ2n) is 3.24. The van der Waals surface area contributed by atoms with Gasteiger partial charge in [0.25, 0.3) is 0 Å². The average molecular weight is 288 g/mol. The van der Waals surface area contributed by atoms with Crippen LogP contribution in [0.15, 0.2) is 28.7 Å². The van der Waals surface area contributed by atoms with E-state index in [0.29, 0.717) is 19.8 Å². The molecule has 0 aliphatic rings. The summed E-state index contributed by atoms with van der Waals surface area (Å²) in [6, 6.07) is 8.09. The van der Waals surface area contributed by atoms with Crippen LogP contribution in [0.2, 0.25) is 0 Å². The van der Waals surface area contributed by atoms with E-state index >= 15 is 0 Å². The van der Waals surface area contributed by atoms with Crippen LogP contribution in [0, 0.1) is 0 Å². The highest BCUT2D eigenvalue weighted by Crippen LogP contribution is 2.13. The number of benzene rings is 1. The van der Waals surface area contributed by atoms with Crippen molar-refractivity contribution in [1.82, 2.24) is 0 Å². The molecule has 0 saturated heterocycles. The van der Waals surface area contributed by atoms with Gasteiger partial charge in [-0.15, -0.1) is 0 Å². The molecular weight excluding hydrogens is 270 g/mol. The predicted molar refractivity (Wildman–Crippen MR) is 69.9 cm³/mol. The van der Waals surface area contributed by atoms with Crippen LogP contribution >= 0.6 is 15.9 Å². The summed E-state index contributed by atoms with van der Waals surface area (Å²) in [5.41, 5.74) is 1.11. The van der Waals surface area contributed by atoms with E-state index in [1.165, 1.54) is 0 Å². The molecule has 0 aromatic heterocycles. The molecular formula is C12H18BrNO2. The van der Waals surface area contributed by atoms with Crippen molar-refractivity contribution in [3.63, 3.8) is 0 Å². The molecule has 0 spiro atoms. The van der Waals surface area contributed by atoms with E-state index < -0.39 is 0 Å². The number of rotatable bonds is 8. The second-order valence-corrected chi connectivity index (χ2v) is 4.16. The summed E-state index contributed by atoms with van der Waals surface area (Å²) in [6.45, 7) is 5.58. The molecule has 0 aliphatic heterocycles. The quantitative estimate of drug-likeness (QED) is 0.746. The summed E-state index contributed by atoms with van der Waals surface area (Å²) in [7, 11) is 0. The summed E-state index contributed by atoms with van der Waals surface area (Å²) in [5.74, 6) is 0. The lowest BCUT2D eigenvalue weighted by atomic mass is 10.3. The molecule has 0 atom stereocenters. The van der Waals surface area contributed by atoms with E-state index in [9.17, 15) is 0 Å². The summed E-state index contributed by atoms with van der Waals surface area (Å²) < 4.78 is 11.6. The first-order valence-corrected chi connectivity index (χ1v) is 6.27. The monoisotopic (exact) mass is 287 g/mol. The van der Waals surface area contributed by atoms with Crippen LogP contribution in [0.25, 0.3) is 0 Å². The Hall–Kier alpha value is -0.580. The minimum atomic E-state index is 0.663. The lowest BCUT2D eigenvalue weighted by molar-refractivity contribution is 0.0570. The van der Waals surface area contributed by atoms with Crippen molar-refractivity contribution in [2.24, 2.45) is 0 Å². The third-order valence-corrected chi connectivity index (χ3v) is 2.52. The first kappa shape index (κ1) is 13.5. The highest BCUT2D eigenvalue weighted by atomic mass is 79.9. The van der Waals surface area contributed by atoms with Gasteiger partial charge in [0.05, 0.1) is 19.8 Å². The van der Waals surface area contributed by atoms with Gasteiger partial charge in [0.1, 0.15) is 0 Å². The fraction of sp³-hybridized carbons (Fsp3) is 0.500. The number of anilines is 1. The Balaban J connectivity index is 2.01. The third kappa shape index (κ3) is 6.10. The first-order chi connectivity index (χ1) is 7.83. The van der Waals surface area contributed by atoms with E-state index in [1.54, 1.807) is 0 Å². The maximum atomic E-state index is 5.38. The summed E-state index contributed by atoms with van der Waals surface area (Å²) in [6.07, 6.45) is 0. The van der Waals surface area contributed by atoms with Crippen molar-refractivity contribution in [2.75, 3.05) is 38.3 Å². The zero-order valence-corrected chi connectivity index (χ0v) is 11.1. The van der Waals surface area contributed by atoms with E-state index in [-0.39, 0.29) is 0 Å². The Morgan fingerprint density at radius 3 is 2.44 bits per heavy atom. The molecule has 3 nitrogen and oxygen atoms in total. The van der Waals surface area contributed by atoms with E-state index in [1.807, 2.05) is 31.2 Å². The zero-order valence-electron chi connectivity index (χ0n) is 9.54. The van der Waals surface area contributed by atoms with Crippen molar-refractivity contribution in [2.45, 2.75) is 6.92 Å². The van der Waals surface area contributed by atoms with Crippen LogP contribution < -0.4 is 5.32 Å². The lowest BCUT2D eigenvalue weighted by Crippen LogP contribution is -2.12. The van der Waals surface area contributed by atoms with Crippen LogP contribution in [0.5, 0.6) is 0 Å². The van der Waals surface area contributed by atoms with E-state index in [4.69, 9.17) is 9.47 Å². The smallest absolute Gasteiger partial charge is 0.0701 e. The lowest BCUT2D eigenvalue weighted by Gasteiger charge is -2.07. The van der Waals surface area contributed by atoms with Gasteiger partial charge in [0.15, 0.2) is 0 Å². The Morgan fingerprint density at radius 2 is 1.75 bits per heavy atom. The van der Waals surface area contributed by atoms with Crippen molar-refractivity contribution in [3.8, 4) is 0 Å². The second kappa shape index (κ2) is 8.56. The maximum Gasteiger partial charge on any atom is 0.0701 e. The molecule has 16 heavy (non-hydrogen) atoms. The molecule has 1 rings (SSSR count). The zero-order chi connectivity index (χ0) is 11.6. The van der Waals surface area contributed by atoms with Crippen LogP contribution in [-0.4, -0.2) is 33.0 Å². The SMILES string of the molecule is CCOCCOCCNc1ccc(Br)cc1. The topological polar surface area (TPSA) is 30.5 Å². The van der Waals surface area contributed by atoms with Gasteiger partial charge < -0.3 is 14.8 Å². The molecule has 1 aromatic carbocycles. The number of hydrogen-bond donors (Lipinski definition) is 1. The molecule has 90 valence electrons. The fourth-order valence-corrected chi connectivity index (χ4v) is 1.46. The molecule has 0 fully saturated rings. The van der Waals surface area contributed by atoms with Crippen molar-refractivity contribution in [3.05, 3.63) is 28.7 Å². The van der Waals surface area contributed by atoms with Crippen LogP contribution in [0.1, 0.15) is 6.92 Å². The Morgan fingerprint density at radius 1 is 1.06 bits per heavy atom. The average Bonchev–Trinajstić information content (AvgIpc) is 2.30. The minimum absolute atomic E-state index is 0.663. The summed E-state index contributed by atoms with van der Waals surface area (Å²) in [5, 5.41) is 3.28. The van der Waals surface area contributed by atoms with Crippen molar-refractivity contribution < 1.29 is 9.47 Å². The summed E-state index contributed by atoms with van der Waals surface area (Å²) >= 11 is 3.40. The molecule has 0 heterocycles. The highest BCUT2D eigenvalue weighted by molar-refractivity contribution is 9.10. The van der Waals surface area contributed by atoms with Crippen LogP contribution in [0.4, 0.5) is 5.69 Å². The van der Waals surface area contributed by atoms with Crippen LogP contribution in [-0.2, 0) is 9.47 Å². The molecule has 0 amide bonds. The van der Waals surface area contributed by atoms with Gasteiger partial charge in [-0.05, 0) is 31.2 Å². The molecule has 0 aliphatic carbocycles. The Bertz CT molecular complexity index is 277. The van der Waals surface area contributed by atoms with Gasteiger partial charge in [0, 0.05) is 23.3 Å². The molecule has 0 bridgehead atoms. The number of hydrogen-bond acceptors (Lipinski definition) is 3. The summed E-state index contributed by atoms with van der Waals surface area (Å²) in [4.78, 5) is 0. The largest absolute Gasteiger partial charge is 0.383 e. The predicted octanol–water partition coefficient (Wildman–Crippen LogP) is 2.91. The fourth-order valence-electron chi connectivity index (χ4n) is 1.20. The van der Waals surface area contributed by atoms with Gasteiger partial charge in [-0.2, -0.15) is 0 Å². The van der Waals surface area contributed by atoms with Gasteiger partial charge in [0.2, 0.25) is 0 Å². The Kier molecular flexibility index (Phi) is 7.21. The minimum Gasteiger partial charge on any atom is -0.383 e. The molecule has 1 N–H and O–H groups in total. The van der Waals surface area contributed by atoms with E-state index in [2.05, 4.69) is 21.2 Å². The molecule has 1 aromatic rings. The normalized spacial score (nSPS) is 10.4. The third-order valence-electron chi connectivity index (χ3n) is 2.00. The standard InChI is InChI=1S/C12H18BrNO2/c1-2-15-9-10-16-8-7-14-12-5-3-11(13)4-6-12/h3-6,14H,2,7-10H2,1H3. The molecule has 0 radical (unpaired) electrons. The molecule has 0 unspecified atom stereocenters. The van der Waals surface area contributed by atoms with E-state index in [0.717, 1.165) is 23.3 Å².